The third-order valence-electron chi connectivity index (χ3n) is 7.03. The maximum atomic E-state index is 12.4. The largest absolute Gasteiger partial charge is 0.356 e. The average molecular weight is 333 g/mol. The summed E-state index contributed by atoms with van der Waals surface area (Å²) < 4.78 is 0. The number of rotatable bonds is 3. The molecule has 5 heteroatoms. The fourth-order valence-corrected chi connectivity index (χ4v) is 5.67. The van der Waals surface area contributed by atoms with Crippen LogP contribution in [0.25, 0.3) is 0 Å². The molecule has 4 heterocycles. The van der Waals surface area contributed by atoms with E-state index in [2.05, 4.69) is 22.0 Å². The van der Waals surface area contributed by atoms with Crippen molar-refractivity contribution in [2.75, 3.05) is 19.6 Å². The second-order valence-corrected chi connectivity index (χ2v) is 8.55. The van der Waals surface area contributed by atoms with Crippen molar-refractivity contribution in [2.24, 2.45) is 5.41 Å². The molecule has 1 spiro atoms. The Labute approximate surface area is 145 Å². The van der Waals surface area contributed by atoms with Crippen LogP contribution in [0.5, 0.6) is 0 Å². The lowest BCUT2D eigenvalue weighted by molar-refractivity contribution is -0.137. The molecular weight excluding hydrogens is 302 g/mol. The molecular formula is C19H31N3O2. The quantitative estimate of drug-likeness (QED) is 0.858. The Kier molecular flexibility index (Phi) is 4.31. The van der Waals surface area contributed by atoms with Crippen molar-refractivity contribution >= 4 is 11.8 Å². The van der Waals surface area contributed by atoms with Crippen molar-refractivity contribution in [2.45, 2.75) is 82.8 Å². The average Bonchev–Trinajstić information content (AvgIpc) is 3.05. The molecule has 0 aromatic heterocycles. The van der Waals surface area contributed by atoms with Gasteiger partial charge in [0, 0.05) is 37.5 Å². The first-order valence-electron chi connectivity index (χ1n) is 9.92. The van der Waals surface area contributed by atoms with Gasteiger partial charge in [0.15, 0.2) is 0 Å². The summed E-state index contributed by atoms with van der Waals surface area (Å²) >= 11 is 0. The molecule has 2 amide bonds. The van der Waals surface area contributed by atoms with Gasteiger partial charge in [0.25, 0.3) is 0 Å². The van der Waals surface area contributed by atoms with E-state index >= 15 is 0 Å². The molecule has 5 nitrogen and oxygen atoms in total. The molecule has 4 saturated heterocycles. The van der Waals surface area contributed by atoms with Crippen LogP contribution >= 0.6 is 0 Å². The Morgan fingerprint density at radius 3 is 2.38 bits per heavy atom. The summed E-state index contributed by atoms with van der Waals surface area (Å²) in [5.74, 6) is 0.626. The molecule has 4 fully saturated rings. The lowest BCUT2D eigenvalue weighted by atomic mass is 9.77. The van der Waals surface area contributed by atoms with Crippen molar-refractivity contribution in [3.05, 3.63) is 0 Å². The molecule has 0 aromatic rings. The molecule has 2 atom stereocenters. The first-order valence-corrected chi connectivity index (χ1v) is 9.92. The minimum absolute atomic E-state index is 0.240. The van der Waals surface area contributed by atoms with E-state index in [4.69, 9.17) is 0 Å². The van der Waals surface area contributed by atoms with Crippen LogP contribution in [0.1, 0.15) is 64.7 Å². The summed E-state index contributed by atoms with van der Waals surface area (Å²) in [5.41, 5.74) is 0.240. The first kappa shape index (κ1) is 16.4. The van der Waals surface area contributed by atoms with E-state index in [9.17, 15) is 9.59 Å². The second kappa shape index (κ2) is 6.32. The molecule has 1 N–H and O–H groups in total. The van der Waals surface area contributed by atoms with Gasteiger partial charge in [-0.2, -0.15) is 0 Å². The van der Waals surface area contributed by atoms with Gasteiger partial charge in [-0.05, 0) is 63.5 Å². The molecule has 0 radical (unpaired) electrons. The van der Waals surface area contributed by atoms with E-state index < -0.39 is 0 Å². The van der Waals surface area contributed by atoms with Gasteiger partial charge >= 0.3 is 0 Å². The summed E-state index contributed by atoms with van der Waals surface area (Å²) in [6.45, 7) is 5.23. The minimum Gasteiger partial charge on any atom is -0.356 e. The highest BCUT2D eigenvalue weighted by atomic mass is 16.2. The Hall–Kier alpha value is -1.10. The summed E-state index contributed by atoms with van der Waals surface area (Å²) in [5, 5.41) is 3.03. The van der Waals surface area contributed by atoms with Crippen LogP contribution in [0.4, 0.5) is 0 Å². The normalized spacial score (nSPS) is 35.5. The predicted molar refractivity (Wildman–Crippen MR) is 92.5 cm³/mol. The highest BCUT2D eigenvalue weighted by Gasteiger charge is 2.47. The molecule has 0 aromatic carbocycles. The number of hydrogen-bond acceptors (Lipinski definition) is 3. The fraction of sp³-hybridized carbons (Fsp3) is 0.895. The van der Waals surface area contributed by atoms with E-state index in [-0.39, 0.29) is 11.3 Å². The zero-order valence-electron chi connectivity index (χ0n) is 14.9. The van der Waals surface area contributed by atoms with Gasteiger partial charge in [0.2, 0.25) is 11.8 Å². The van der Waals surface area contributed by atoms with Gasteiger partial charge in [-0.1, -0.05) is 6.92 Å². The van der Waals surface area contributed by atoms with Crippen molar-refractivity contribution in [1.82, 2.24) is 15.1 Å². The number of nitrogens with zero attached hydrogens (tertiary/aromatic N) is 2. The van der Waals surface area contributed by atoms with Gasteiger partial charge in [0.1, 0.15) is 0 Å². The van der Waals surface area contributed by atoms with Gasteiger partial charge in [0.05, 0.1) is 0 Å². The number of carbonyl (C=O) groups excluding carboxylic acids is 2. The molecule has 4 rings (SSSR count). The van der Waals surface area contributed by atoms with E-state index in [0.717, 1.165) is 58.2 Å². The standard InChI is InChI=1S/C19H31N3O2/c1-2-3-18(24)22-14-4-5-15(22)11-16(10-14)21-8-6-19(7-9-21)12-17(23)20-13-19/h14-16H,2-13H2,1H3,(H,20,23). The van der Waals surface area contributed by atoms with Crippen LogP contribution in [-0.2, 0) is 9.59 Å². The van der Waals surface area contributed by atoms with E-state index in [1.807, 2.05) is 0 Å². The molecule has 4 aliphatic heterocycles. The molecule has 134 valence electrons. The number of hydrogen-bond donors (Lipinski definition) is 1. The summed E-state index contributed by atoms with van der Waals surface area (Å²) in [6, 6.07) is 1.62. The molecule has 24 heavy (non-hydrogen) atoms. The third-order valence-corrected chi connectivity index (χ3v) is 7.03. The Morgan fingerprint density at radius 2 is 1.83 bits per heavy atom. The van der Waals surface area contributed by atoms with Crippen LogP contribution in [0.15, 0.2) is 0 Å². The van der Waals surface area contributed by atoms with Gasteiger partial charge in [-0.25, -0.2) is 0 Å². The Morgan fingerprint density at radius 1 is 1.17 bits per heavy atom. The molecule has 2 bridgehead atoms. The van der Waals surface area contributed by atoms with Crippen LogP contribution in [-0.4, -0.2) is 59.4 Å². The summed E-state index contributed by atoms with van der Waals surface area (Å²) in [7, 11) is 0. The number of amides is 2. The highest BCUT2D eigenvalue weighted by Crippen LogP contribution is 2.42. The minimum atomic E-state index is 0.240. The molecule has 0 saturated carbocycles. The zero-order chi connectivity index (χ0) is 16.7. The number of fused-ring (bicyclic) bond motifs is 2. The lowest BCUT2D eigenvalue weighted by Gasteiger charge is -2.47. The van der Waals surface area contributed by atoms with Crippen LogP contribution in [0.3, 0.4) is 0 Å². The number of carbonyl (C=O) groups is 2. The highest BCUT2D eigenvalue weighted by molar-refractivity contribution is 5.79. The SMILES string of the molecule is CCCC(=O)N1C2CCC1CC(N1CCC3(CC1)CNC(=O)C3)C2. The van der Waals surface area contributed by atoms with Crippen LogP contribution < -0.4 is 5.32 Å². The zero-order valence-corrected chi connectivity index (χ0v) is 14.9. The van der Waals surface area contributed by atoms with E-state index in [1.54, 1.807) is 0 Å². The molecule has 4 aliphatic rings. The number of nitrogens with one attached hydrogen (secondary N) is 1. The molecule has 0 aliphatic carbocycles. The number of likely N-dealkylation sites (tertiary alicyclic amines) is 1. The monoisotopic (exact) mass is 333 g/mol. The molecule has 2 unspecified atom stereocenters. The first-order chi connectivity index (χ1) is 11.6. The van der Waals surface area contributed by atoms with Gasteiger partial charge in [-0.15, -0.1) is 0 Å². The lowest BCUT2D eigenvalue weighted by Crippen LogP contribution is -2.54. The third kappa shape index (κ3) is 2.85. The maximum Gasteiger partial charge on any atom is 0.223 e. The predicted octanol–water partition coefficient (Wildman–Crippen LogP) is 1.91. The number of piperidine rings is 2. The Bertz CT molecular complexity index is 499. The van der Waals surface area contributed by atoms with Crippen molar-refractivity contribution in [3.8, 4) is 0 Å². The van der Waals surface area contributed by atoms with Crippen molar-refractivity contribution < 1.29 is 9.59 Å². The summed E-state index contributed by atoms with van der Waals surface area (Å²) in [6.07, 6.45) is 9.43. The fourth-order valence-electron chi connectivity index (χ4n) is 5.67. The second-order valence-electron chi connectivity index (χ2n) is 8.55. The topological polar surface area (TPSA) is 52.7 Å². The Balaban J connectivity index is 1.35. The van der Waals surface area contributed by atoms with Crippen LogP contribution in [0.2, 0.25) is 0 Å². The van der Waals surface area contributed by atoms with Crippen LogP contribution in [0, 0.1) is 5.41 Å². The van der Waals surface area contributed by atoms with Gasteiger partial charge in [-0.3, -0.25) is 9.59 Å². The van der Waals surface area contributed by atoms with E-state index in [1.165, 1.54) is 12.8 Å². The maximum absolute atomic E-state index is 12.4. The van der Waals surface area contributed by atoms with Crippen molar-refractivity contribution in [3.63, 3.8) is 0 Å². The summed E-state index contributed by atoms with van der Waals surface area (Å²) in [4.78, 5) is 28.9. The van der Waals surface area contributed by atoms with Crippen molar-refractivity contribution in [1.29, 1.82) is 0 Å². The van der Waals surface area contributed by atoms with E-state index in [0.29, 0.717) is 30.5 Å². The van der Waals surface area contributed by atoms with Gasteiger partial charge < -0.3 is 15.1 Å². The smallest absolute Gasteiger partial charge is 0.223 e.